The zero-order chi connectivity index (χ0) is 9.47. The van der Waals surface area contributed by atoms with Crippen molar-refractivity contribution in [3.63, 3.8) is 0 Å². The van der Waals surface area contributed by atoms with Crippen LogP contribution in [0.3, 0.4) is 0 Å². The van der Waals surface area contributed by atoms with Crippen molar-refractivity contribution >= 4 is 5.97 Å². The molecule has 2 unspecified atom stereocenters. The van der Waals surface area contributed by atoms with Crippen molar-refractivity contribution in [3.8, 4) is 0 Å². The minimum absolute atomic E-state index is 0.218. The van der Waals surface area contributed by atoms with Gasteiger partial charge in [0, 0.05) is 0 Å². The van der Waals surface area contributed by atoms with Gasteiger partial charge in [0.1, 0.15) is 5.54 Å². The smallest absolute Gasteiger partial charge is 0.326 e. The van der Waals surface area contributed by atoms with Gasteiger partial charge in [-0.1, -0.05) is 25.7 Å². The molecule has 2 atom stereocenters. The highest BCUT2D eigenvalue weighted by Crippen LogP contribution is 2.52. The van der Waals surface area contributed by atoms with Crippen LogP contribution in [0.4, 0.5) is 0 Å². The molecule has 0 aromatic carbocycles. The zero-order valence-corrected chi connectivity index (χ0v) is 8.08. The highest BCUT2D eigenvalue weighted by atomic mass is 16.5. The Labute approximate surface area is 78.6 Å². The molecule has 0 saturated heterocycles. The second-order valence-electron chi connectivity index (χ2n) is 4.39. The molecule has 74 valence electrons. The lowest BCUT2D eigenvalue weighted by Crippen LogP contribution is -2.37. The summed E-state index contributed by atoms with van der Waals surface area (Å²) in [6, 6.07) is 0. The lowest BCUT2D eigenvalue weighted by molar-refractivity contribution is -0.143. The third kappa shape index (κ3) is 1.35. The molecule has 0 amide bonds. The van der Waals surface area contributed by atoms with Crippen LogP contribution >= 0.6 is 0 Å². The Hall–Kier alpha value is -0.570. The van der Waals surface area contributed by atoms with Crippen LogP contribution in [-0.2, 0) is 9.53 Å². The first-order chi connectivity index (χ1) is 6.18. The molecule has 2 aliphatic carbocycles. The van der Waals surface area contributed by atoms with Gasteiger partial charge in [-0.2, -0.15) is 0 Å². The normalized spacial score (nSPS) is 39.1. The summed E-state index contributed by atoms with van der Waals surface area (Å²) in [6.07, 6.45) is 5.95. The summed E-state index contributed by atoms with van der Waals surface area (Å²) >= 11 is 0. The van der Waals surface area contributed by atoms with E-state index in [2.05, 4.69) is 0 Å². The van der Waals surface area contributed by atoms with E-state index in [1.165, 1.54) is 32.8 Å². The van der Waals surface area contributed by atoms with E-state index in [0.717, 1.165) is 6.42 Å². The lowest BCUT2D eigenvalue weighted by atomic mass is 9.98. The summed E-state index contributed by atoms with van der Waals surface area (Å²) in [5, 5.41) is 0. The van der Waals surface area contributed by atoms with E-state index < -0.39 is 5.54 Å². The number of nitrogens with two attached hydrogens (primary N) is 1. The van der Waals surface area contributed by atoms with Crippen molar-refractivity contribution in [3.05, 3.63) is 0 Å². The zero-order valence-electron chi connectivity index (χ0n) is 8.08. The van der Waals surface area contributed by atoms with Gasteiger partial charge in [0.15, 0.2) is 0 Å². The number of hydrogen-bond acceptors (Lipinski definition) is 3. The molecule has 13 heavy (non-hydrogen) atoms. The molecule has 0 heterocycles. The van der Waals surface area contributed by atoms with Gasteiger partial charge in [0.2, 0.25) is 0 Å². The average Bonchev–Trinajstić information content (AvgIpc) is 2.65. The summed E-state index contributed by atoms with van der Waals surface area (Å²) in [5.41, 5.74) is 5.33. The number of carbonyl (C=O) groups is 1. The maximum absolute atomic E-state index is 11.3. The molecule has 2 aliphatic rings. The lowest BCUT2D eigenvalue weighted by Gasteiger charge is -2.12. The second-order valence-corrected chi connectivity index (χ2v) is 4.39. The maximum atomic E-state index is 11.3. The van der Waals surface area contributed by atoms with Crippen LogP contribution in [0, 0.1) is 11.8 Å². The molecule has 3 nitrogen and oxygen atoms in total. The molecule has 2 N–H and O–H groups in total. The largest absolute Gasteiger partial charge is 0.468 e. The number of rotatable bonds is 2. The van der Waals surface area contributed by atoms with Crippen LogP contribution in [-0.4, -0.2) is 18.6 Å². The molecule has 0 spiro atoms. The Morgan fingerprint density at radius 1 is 1.46 bits per heavy atom. The molecule has 3 heteroatoms. The summed E-state index contributed by atoms with van der Waals surface area (Å²) in [7, 11) is 1.42. The summed E-state index contributed by atoms with van der Waals surface area (Å²) < 4.78 is 4.70. The first kappa shape index (κ1) is 9.00. The Morgan fingerprint density at radius 2 is 2.08 bits per heavy atom. The molecule has 2 fully saturated rings. The van der Waals surface area contributed by atoms with Gasteiger partial charge in [-0.3, -0.25) is 4.79 Å². The standard InChI is InChI=1S/C10H17NO2/c1-13-9(12)10(11)6-8(10)7-4-2-3-5-7/h7-8H,2-6,11H2,1H3. The molecular formula is C10H17NO2. The van der Waals surface area contributed by atoms with Gasteiger partial charge >= 0.3 is 5.97 Å². The molecule has 0 bridgehead atoms. The highest BCUT2D eigenvalue weighted by Gasteiger charge is 2.61. The molecular weight excluding hydrogens is 166 g/mol. The van der Waals surface area contributed by atoms with Gasteiger partial charge in [-0.25, -0.2) is 0 Å². The third-order valence-electron chi connectivity index (χ3n) is 3.59. The monoisotopic (exact) mass is 183 g/mol. The van der Waals surface area contributed by atoms with Crippen LogP contribution in [0.5, 0.6) is 0 Å². The average molecular weight is 183 g/mol. The fourth-order valence-electron chi connectivity index (χ4n) is 2.68. The SMILES string of the molecule is COC(=O)C1(N)CC1C1CCCC1. The summed E-state index contributed by atoms with van der Waals surface area (Å²) in [4.78, 5) is 11.3. The Bertz CT molecular complexity index is 223. The van der Waals surface area contributed by atoms with Crippen LogP contribution in [0.25, 0.3) is 0 Å². The summed E-state index contributed by atoms with van der Waals surface area (Å²) in [5.74, 6) is 0.871. The van der Waals surface area contributed by atoms with Crippen LogP contribution in [0.2, 0.25) is 0 Å². The van der Waals surface area contributed by atoms with Gasteiger partial charge in [-0.05, 0) is 18.3 Å². The molecule has 0 radical (unpaired) electrons. The minimum Gasteiger partial charge on any atom is -0.468 e. The fourth-order valence-corrected chi connectivity index (χ4v) is 2.68. The Morgan fingerprint density at radius 3 is 2.62 bits per heavy atom. The first-order valence-corrected chi connectivity index (χ1v) is 5.06. The number of hydrogen-bond donors (Lipinski definition) is 1. The van der Waals surface area contributed by atoms with Gasteiger partial charge in [0.05, 0.1) is 7.11 Å². The van der Waals surface area contributed by atoms with Crippen molar-refractivity contribution < 1.29 is 9.53 Å². The van der Waals surface area contributed by atoms with Crippen molar-refractivity contribution in [1.29, 1.82) is 0 Å². The van der Waals surface area contributed by atoms with Crippen molar-refractivity contribution in [2.45, 2.75) is 37.6 Å². The fraction of sp³-hybridized carbons (Fsp3) is 0.900. The molecule has 2 rings (SSSR count). The van der Waals surface area contributed by atoms with Crippen molar-refractivity contribution in [2.75, 3.05) is 7.11 Å². The Balaban J connectivity index is 1.95. The predicted octanol–water partition coefficient (Wildman–Crippen LogP) is 1.07. The molecule has 0 aromatic heterocycles. The summed E-state index contributed by atoms with van der Waals surface area (Å²) in [6.45, 7) is 0. The van der Waals surface area contributed by atoms with E-state index >= 15 is 0 Å². The Kier molecular flexibility index (Phi) is 2.06. The van der Waals surface area contributed by atoms with Crippen molar-refractivity contribution in [1.82, 2.24) is 0 Å². The second kappa shape index (κ2) is 2.98. The van der Waals surface area contributed by atoms with Crippen molar-refractivity contribution in [2.24, 2.45) is 17.6 Å². The third-order valence-corrected chi connectivity index (χ3v) is 3.59. The number of esters is 1. The first-order valence-electron chi connectivity index (χ1n) is 5.06. The number of methoxy groups -OCH3 is 1. The number of ether oxygens (including phenoxy) is 1. The topological polar surface area (TPSA) is 52.3 Å². The highest BCUT2D eigenvalue weighted by molar-refractivity contribution is 5.84. The van der Waals surface area contributed by atoms with E-state index in [9.17, 15) is 4.79 Å². The van der Waals surface area contributed by atoms with Gasteiger partial charge in [-0.15, -0.1) is 0 Å². The van der Waals surface area contributed by atoms with Crippen LogP contribution in [0.1, 0.15) is 32.1 Å². The van der Waals surface area contributed by atoms with Crippen LogP contribution < -0.4 is 5.73 Å². The molecule has 2 saturated carbocycles. The molecule has 0 aliphatic heterocycles. The van der Waals surface area contributed by atoms with E-state index in [0.29, 0.717) is 11.8 Å². The van der Waals surface area contributed by atoms with E-state index in [1.54, 1.807) is 0 Å². The van der Waals surface area contributed by atoms with E-state index in [-0.39, 0.29) is 5.97 Å². The molecule has 0 aromatic rings. The van der Waals surface area contributed by atoms with Gasteiger partial charge < -0.3 is 10.5 Å². The number of carbonyl (C=O) groups excluding carboxylic acids is 1. The van der Waals surface area contributed by atoms with E-state index in [1.807, 2.05) is 0 Å². The quantitative estimate of drug-likeness (QED) is 0.651. The minimum atomic E-state index is -0.621. The van der Waals surface area contributed by atoms with Gasteiger partial charge in [0.25, 0.3) is 0 Å². The predicted molar refractivity (Wildman–Crippen MR) is 49.0 cm³/mol. The maximum Gasteiger partial charge on any atom is 0.326 e. The van der Waals surface area contributed by atoms with Crippen LogP contribution in [0.15, 0.2) is 0 Å². The van der Waals surface area contributed by atoms with E-state index in [4.69, 9.17) is 10.5 Å².